The molecule has 90 valence electrons. The number of rotatable bonds is 4. The summed E-state index contributed by atoms with van der Waals surface area (Å²) >= 11 is 1.70. The zero-order valence-corrected chi connectivity index (χ0v) is 10.9. The lowest BCUT2D eigenvalue weighted by atomic mass is 10.1. The first kappa shape index (κ1) is 11.9. The highest BCUT2D eigenvalue weighted by Crippen LogP contribution is 2.29. The van der Waals surface area contributed by atoms with Crippen molar-refractivity contribution < 1.29 is 4.74 Å². The Kier molecular flexibility index (Phi) is 3.64. The minimum Gasteiger partial charge on any atom is -0.495 e. The Morgan fingerprint density at radius 2 is 2.24 bits per heavy atom. The van der Waals surface area contributed by atoms with Crippen LogP contribution in [0.4, 0.5) is 5.69 Å². The Morgan fingerprint density at radius 3 is 2.88 bits per heavy atom. The summed E-state index contributed by atoms with van der Waals surface area (Å²) in [5, 5.41) is 3.25. The number of ether oxygens (including phenoxy) is 1. The molecular formula is C13H16N2OS. The lowest BCUT2D eigenvalue weighted by Gasteiger charge is -2.05. The van der Waals surface area contributed by atoms with E-state index in [-0.39, 0.29) is 0 Å². The monoisotopic (exact) mass is 248 g/mol. The maximum absolute atomic E-state index is 5.89. The number of nitrogens with two attached hydrogens (primary N) is 1. The van der Waals surface area contributed by atoms with E-state index in [1.54, 1.807) is 18.4 Å². The average molecular weight is 248 g/mol. The van der Waals surface area contributed by atoms with Gasteiger partial charge in [0.05, 0.1) is 23.5 Å². The molecule has 3 nitrogen and oxygen atoms in total. The molecule has 0 fully saturated rings. The third kappa shape index (κ3) is 2.58. The van der Waals surface area contributed by atoms with Crippen molar-refractivity contribution in [3.05, 3.63) is 28.6 Å². The van der Waals surface area contributed by atoms with Crippen molar-refractivity contribution in [3.63, 3.8) is 0 Å². The van der Waals surface area contributed by atoms with Gasteiger partial charge in [-0.05, 0) is 31.0 Å². The number of aromatic nitrogens is 1. The van der Waals surface area contributed by atoms with Gasteiger partial charge in [-0.1, -0.05) is 6.92 Å². The van der Waals surface area contributed by atoms with Gasteiger partial charge in [0.25, 0.3) is 0 Å². The molecular weight excluding hydrogens is 232 g/mol. The van der Waals surface area contributed by atoms with Gasteiger partial charge in [-0.2, -0.15) is 0 Å². The summed E-state index contributed by atoms with van der Waals surface area (Å²) in [7, 11) is 1.62. The number of nitrogen functional groups attached to an aromatic ring is 1. The Balaban J connectivity index is 2.29. The number of anilines is 1. The molecule has 2 N–H and O–H groups in total. The standard InChI is InChI=1S/C13H16N2OS/c1-3-4-13-15-11(8-17-13)9-5-6-12(16-2)10(14)7-9/h5-8H,3-4,14H2,1-2H3. The largest absolute Gasteiger partial charge is 0.495 e. The highest BCUT2D eigenvalue weighted by molar-refractivity contribution is 7.09. The zero-order chi connectivity index (χ0) is 12.3. The molecule has 0 atom stereocenters. The Morgan fingerprint density at radius 1 is 1.41 bits per heavy atom. The third-order valence-corrected chi connectivity index (χ3v) is 3.45. The molecule has 0 bridgehead atoms. The highest BCUT2D eigenvalue weighted by Gasteiger charge is 2.06. The quantitative estimate of drug-likeness (QED) is 0.844. The zero-order valence-electron chi connectivity index (χ0n) is 10.1. The van der Waals surface area contributed by atoms with Crippen LogP contribution < -0.4 is 10.5 Å². The van der Waals surface area contributed by atoms with E-state index < -0.39 is 0 Å². The summed E-state index contributed by atoms with van der Waals surface area (Å²) in [5.74, 6) is 0.706. The Labute approximate surface area is 105 Å². The van der Waals surface area contributed by atoms with Crippen molar-refractivity contribution in [3.8, 4) is 17.0 Å². The number of thiazole rings is 1. The van der Waals surface area contributed by atoms with Crippen LogP contribution >= 0.6 is 11.3 Å². The molecule has 0 radical (unpaired) electrons. The summed E-state index contributed by atoms with van der Waals surface area (Å²) in [5.41, 5.74) is 8.57. The van der Waals surface area contributed by atoms with Gasteiger partial charge in [0.1, 0.15) is 5.75 Å². The SMILES string of the molecule is CCCc1nc(-c2ccc(OC)c(N)c2)cs1. The van der Waals surface area contributed by atoms with Gasteiger partial charge in [0.2, 0.25) is 0 Å². The molecule has 2 aromatic rings. The number of nitrogens with zero attached hydrogens (tertiary/aromatic N) is 1. The number of hydrogen-bond acceptors (Lipinski definition) is 4. The van der Waals surface area contributed by atoms with Crippen molar-refractivity contribution in [1.29, 1.82) is 0 Å². The first-order valence-corrected chi connectivity index (χ1v) is 6.51. The van der Waals surface area contributed by atoms with Crippen molar-refractivity contribution in [1.82, 2.24) is 4.98 Å². The molecule has 2 rings (SSSR count). The van der Waals surface area contributed by atoms with Gasteiger partial charge in [0.15, 0.2) is 0 Å². The van der Waals surface area contributed by atoms with Crippen LogP contribution in [0.3, 0.4) is 0 Å². The predicted octanol–water partition coefficient (Wildman–Crippen LogP) is 3.35. The molecule has 0 spiro atoms. The molecule has 1 aromatic heterocycles. The molecule has 0 aliphatic carbocycles. The second-order valence-corrected chi connectivity index (χ2v) is 4.78. The van der Waals surface area contributed by atoms with Crippen LogP contribution in [0, 0.1) is 0 Å². The Hall–Kier alpha value is -1.55. The number of methoxy groups -OCH3 is 1. The second kappa shape index (κ2) is 5.19. The van der Waals surface area contributed by atoms with Crippen molar-refractivity contribution in [2.75, 3.05) is 12.8 Å². The van der Waals surface area contributed by atoms with Crippen LogP contribution in [0.2, 0.25) is 0 Å². The van der Waals surface area contributed by atoms with E-state index in [1.165, 1.54) is 5.01 Å². The summed E-state index contributed by atoms with van der Waals surface area (Å²) in [6, 6.07) is 5.77. The van der Waals surface area contributed by atoms with Crippen molar-refractivity contribution in [2.45, 2.75) is 19.8 Å². The fourth-order valence-electron chi connectivity index (χ4n) is 1.67. The lowest BCUT2D eigenvalue weighted by molar-refractivity contribution is 0.417. The molecule has 0 saturated carbocycles. The highest BCUT2D eigenvalue weighted by atomic mass is 32.1. The minimum absolute atomic E-state index is 0.648. The summed E-state index contributed by atoms with van der Waals surface area (Å²) in [6.07, 6.45) is 2.16. The summed E-state index contributed by atoms with van der Waals surface area (Å²) in [4.78, 5) is 4.59. The van der Waals surface area contributed by atoms with E-state index in [0.717, 1.165) is 24.1 Å². The van der Waals surface area contributed by atoms with Gasteiger partial charge < -0.3 is 10.5 Å². The van der Waals surface area contributed by atoms with E-state index in [1.807, 2.05) is 18.2 Å². The minimum atomic E-state index is 0.648. The molecule has 0 aliphatic rings. The first-order chi connectivity index (χ1) is 8.24. The summed E-state index contributed by atoms with van der Waals surface area (Å²) < 4.78 is 5.14. The van der Waals surface area contributed by atoms with E-state index in [4.69, 9.17) is 10.5 Å². The smallest absolute Gasteiger partial charge is 0.141 e. The third-order valence-electron chi connectivity index (χ3n) is 2.54. The second-order valence-electron chi connectivity index (χ2n) is 3.83. The molecule has 0 aliphatic heterocycles. The number of aryl methyl sites for hydroxylation is 1. The maximum atomic E-state index is 5.89. The van der Waals surface area contributed by atoms with Crippen molar-refractivity contribution >= 4 is 17.0 Å². The van der Waals surface area contributed by atoms with Gasteiger partial charge in [-0.3, -0.25) is 0 Å². The van der Waals surface area contributed by atoms with E-state index in [0.29, 0.717) is 11.4 Å². The molecule has 17 heavy (non-hydrogen) atoms. The van der Waals surface area contributed by atoms with Crippen LogP contribution in [0.15, 0.2) is 23.6 Å². The molecule has 1 aromatic carbocycles. The van der Waals surface area contributed by atoms with E-state index >= 15 is 0 Å². The predicted molar refractivity (Wildman–Crippen MR) is 72.5 cm³/mol. The topological polar surface area (TPSA) is 48.1 Å². The van der Waals surface area contributed by atoms with Crippen molar-refractivity contribution in [2.24, 2.45) is 0 Å². The molecule has 4 heteroatoms. The maximum Gasteiger partial charge on any atom is 0.141 e. The van der Waals surface area contributed by atoms with Crippen LogP contribution in [-0.4, -0.2) is 12.1 Å². The van der Waals surface area contributed by atoms with Gasteiger partial charge in [-0.25, -0.2) is 4.98 Å². The lowest BCUT2D eigenvalue weighted by Crippen LogP contribution is -1.92. The number of benzene rings is 1. The van der Waals surface area contributed by atoms with Gasteiger partial charge in [-0.15, -0.1) is 11.3 Å². The van der Waals surface area contributed by atoms with Crippen LogP contribution in [0.5, 0.6) is 5.75 Å². The van der Waals surface area contributed by atoms with E-state index in [2.05, 4.69) is 17.3 Å². The van der Waals surface area contributed by atoms with Crippen LogP contribution in [0.25, 0.3) is 11.3 Å². The first-order valence-electron chi connectivity index (χ1n) is 5.63. The number of hydrogen-bond donors (Lipinski definition) is 1. The normalized spacial score (nSPS) is 10.5. The summed E-state index contributed by atoms with van der Waals surface area (Å²) in [6.45, 7) is 2.16. The fourth-order valence-corrected chi connectivity index (χ4v) is 2.58. The molecule has 0 unspecified atom stereocenters. The van der Waals surface area contributed by atoms with E-state index in [9.17, 15) is 0 Å². The molecule has 0 amide bonds. The fraction of sp³-hybridized carbons (Fsp3) is 0.308. The van der Waals surface area contributed by atoms with Crippen LogP contribution in [0.1, 0.15) is 18.4 Å². The average Bonchev–Trinajstić information content (AvgIpc) is 2.78. The molecule has 1 heterocycles. The van der Waals surface area contributed by atoms with Gasteiger partial charge in [0, 0.05) is 10.9 Å². The Bertz CT molecular complexity index is 508. The van der Waals surface area contributed by atoms with Crippen LogP contribution in [-0.2, 0) is 6.42 Å². The molecule has 0 saturated heterocycles. The van der Waals surface area contributed by atoms with Gasteiger partial charge >= 0.3 is 0 Å².